The Morgan fingerprint density at radius 3 is 1.58 bits per heavy atom. The van der Waals surface area contributed by atoms with Crippen LogP contribution in [-0.4, -0.2) is 4.98 Å². The molecule has 0 unspecified atom stereocenters. The van der Waals surface area contributed by atoms with Crippen molar-refractivity contribution in [3.63, 3.8) is 0 Å². The molecule has 0 spiro atoms. The third kappa shape index (κ3) is 4.68. The summed E-state index contributed by atoms with van der Waals surface area (Å²) >= 11 is 0. The second-order valence-corrected chi connectivity index (χ2v) is 14.2. The number of hydrogen-bond donors (Lipinski definition) is 0. The van der Waals surface area contributed by atoms with E-state index in [0.717, 1.165) is 11.9 Å². The molecule has 1 nitrogen and oxygen atoms in total. The molecule has 0 amide bonds. The van der Waals surface area contributed by atoms with E-state index < -0.39 is 0 Å². The normalized spacial score (nSPS) is 12.9. The number of benzene rings is 9. The Labute approximate surface area is 307 Å². The molecule has 0 N–H and O–H groups in total. The van der Waals surface area contributed by atoms with Gasteiger partial charge in [0.15, 0.2) is 0 Å². The zero-order valence-corrected chi connectivity index (χ0v) is 29.1. The van der Waals surface area contributed by atoms with E-state index in [1.54, 1.807) is 0 Å². The topological polar surface area (TPSA) is 12.9 Å². The third-order valence-corrected chi connectivity index (χ3v) is 11.3. The van der Waals surface area contributed by atoms with E-state index in [9.17, 15) is 0 Å². The molecule has 10 aromatic rings. The van der Waals surface area contributed by atoms with E-state index in [2.05, 4.69) is 176 Å². The highest BCUT2D eigenvalue weighted by Gasteiger charge is 2.18. The van der Waals surface area contributed by atoms with Crippen molar-refractivity contribution in [1.29, 1.82) is 0 Å². The van der Waals surface area contributed by atoms with Gasteiger partial charge in [0.1, 0.15) is 0 Å². The molecule has 0 bridgehead atoms. The predicted octanol–water partition coefficient (Wildman–Crippen LogP) is 14.0. The summed E-state index contributed by atoms with van der Waals surface area (Å²) in [5.41, 5.74) is 11.2. The molecule has 1 aromatic heterocycles. The Morgan fingerprint density at radius 1 is 0.377 bits per heavy atom. The quantitative estimate of drug-likeness (QED) is 0.135. The van der Waals surface area contributed by atoms with Crippen LogP contribution in [0.5, 0.6) is 0 Å². The summed E-state index contributed by atoms with van der Waals surface area (Å²) in [5.74, 6) is 0. The van der Waals surface area contributed by atoms with Gasteiger partial charge in [-0.2, -0.15) is 0 Å². The van der Waals surface area contributed by atoms with Crippen LogP contribution in [0.2, 0.25) is 0 Å². The van der Waals surface area contributed by atoms with Gasteiger partial charge in [0.25, 0.3) is 0 Å². The first-order valence-corrected chi connectivity index (χ1v) is 18.4. The van der Waals surface area contributed by atoms with Crippen molar-refractivity contribution in [2.75, 3.05) is 0 Å². The first-order valence-electron chi connectivity index (χ1n) is 18.4. The molecular formula is C52H33N. The molecule has 9 aromatic carbocycles. The van der Waals surface area contributed by atoms with E-state index in [1.807, 2.05) is 12.3 Å². The summed E-state index contributed by atoms with van der Waals surface area (Å²) in [5, 5.41) is 14.0. The van der Waals surface area contributed by atoms with Crippen molar-refractivity contribution < 1.29 is 0 Å². The standard InChI is InChI=1S/C52H33N/c1-2-11-35(12-3-1)50-44-16-6-8-18-46(44)51(47-19-9-7-17-45(47)50)38-26-29-43-42-28-25-37(31-48(42)40-14-4-5-15-41(40)49(43)32-38)33-20-21-34-22-23-36-13-10-30-53-52(36)39(34)27-24-33/h1-26,28-32H,27H2. The van der Waals surface area contributed by atoms with Crippen molar-refractivity contribution >= 4 is 76.4 Å². The van der Waals surface area contributed by atoms with Crippen LogP contribution >= 0.6 is 0 Å². The summed E-state index contributed by atoms with van der Waals surface area (Å²) in [4.78, 5) is 4.75. The van der Waals surface area contributed by atoms with Crippen LogP contribution in [0.4, 0.5) is 0 Å². The largest absolute Gasteiger partial charge is 0.256 e. The van der Waals surface area contributed by atoms with Gasteiger partial charge >= 0.3 is 0 Å². The van der Waals surface area contributed by atoms with Gasteiger partial charge in [0.2, 0.25) is 0 Å². The Hall–Kier alpha value is -6.83. The van der Waals surface area contributed by atoms with Crippen molar-refractivity contribution in [3.05, 3.63) is 199 Å². The van der Waals surface area contributed by atoms with E-state index in [4.69, 9.17) is 4.98 Å². The molecule has 53 heavy (non-hydrogen) atoms. The van der Waals surface area contributed by atoms with Crippen molar-refractivity contribution in [2.45, 2.75) is 6.42 Å². The molecule has 0 saturated heterocycles. The van der Waals surface area contributed by atoms with Crippen molar-refractivity contribution in [1.82, 2.24) is 4.98 Å². The minimum Gasteiger partial charge on any atom is -0.256 e. The maximum absolute atomic E-state index is 4.75. The maximum Gasteiger partial charge on any atom is 0.0743 e. The number of allylic oxidation sites excluding steroid dienone is 3. The van der Waals surface area contributed by atoms with Crippen LogP contribution in [0.25, 0.3) is 98.7 Å². The van der Waals surface area contributed by atoms with E-state index in [-0.39, 0.29) is 0 Å². The predicted molar refractivity (Wildman–Crippen MR) is 227 cm³/mol. The van der Waals surface area contributed by atoms with Crippen LogP contribution in [-0.2, 0) is 6.42 Å². The average molecular weight is 672 g/mol. The second kappa shape index (κ2) is 11.9. The van der Waals surface area contributed by atoms with Gasteiger partial charge in [-0.15, -0.1) is 0 Å². The Kier molecular flexibility index (Phi) is 6.69. The van der Waals surface area contributed by atoms with E-state index >= 15 is 0 Å². The molecule has 0 fully saturated rings. The third-order valence-electron chi connectivity index (χ3n) is 11.3. The van der Waals surface area contributed by atoms with Gasteiger partial charge < -0.3 is 0 Å². The number of fused-ring (bicyclic) bond motifs is 11. The summed E-state index contributed by atoms with van der Waals surface area (Å²) < 4.78 is 0. The van der Waals surface area contributed by atoms with Gasteiger partial charge in [-0.1, -0.05) is 164 Å². The Bertz CT molecular complexity index is 3110. The van der Waals surface area contributed by atoms with Crippen LogP contribution in [0.1, 0.15) is 16.7 Å². The highest BCUT2D eigenvalue weighted by molar-refractivity contribution is 6.27. The maximum atomic E-state index is 4.75. The number of aromatic nitrogens is 1. The second-order valence-electron chi connectivity index (χ2n) is 14.2. The zero-order valence-electron chi connectivity index (χ0n) is 29.1. The minimum atomic E-state index is 0.848. The van der Waals surface area contributed by atoms with E-state index in [1.165, 1.54) is 104 Å². The SMILES string of the molecule is C1=Cc2ccc3cccnc3c2CC=C1c1ccc2c3ccc(-c4c5ccccc5c(-c5ccccc5)c5ccccc45)cc3c3ccccc3c2c1. The molecule has 1 heteroatoms. The smallest absolute Gasteiger partial charge is 0.0743 e. The fourth-order valence-corrected chi connectivity index (χ4v) is 8.91. The van der Waals surface area contributed by atoms with Gasteiger partial charge in [0, 0.05) is 11.6 Å². The van der Waals surface area contributed by atoms with Crippen LogP contribution in [0, 0.1) is 0 Å². The molecular weight excluding hydrogens is 639 g/mol. The summed E-state index contributed by atoms with van der Waals surface area (Å²) in [6.07, 6.45) is 9.64. The lowest BCUT2D eigenvalue weighted by atomic mass is 9.85. The molecule has 0 aliphatic heterocycles. The highest BCUT2D eigenvalue weighted by Crippen LogP contribution is 2.45. The average Bonchev–Trinajstić information content (AvgIpc) is 3.46. The van der Waals surface area contributed by atoms with Crippen LogP contribution < -0.4 is 0 Å². The number of rotatable bonds is 3. The van der Waals surface area contributed by atoms with Gasteiger partial charge in [-0.3, -0.25) is 4.98 Å². The number of hydrogen-bond acceptors (Lipinski definition) is 1. The Balaban J connectivity index is 1.10. The fourth-order valence-electron chi connectivity index (χ4n) is 8.91. The number of nitrogens with zero attached hydrogens (tertiary/aromatic N) is 1. The Morgan fingerprint density at radius 2 is 0.925 bits per heavy atom. The van der Waals surface area contributed by atoms with E-state index in [0.29, 0.717) is 0 Å². The molecule has 11 rings (SSSR count). The van der Waals surface area contributed by atoms with Gasteiger partial charge in [0.05, 0.1) is 5.52 Å². The fraction of sp³-hybridized carbons (Fsp3) is 0.0192. The van der Waals surface area contributed by atoms with Gasteiger partial charge in [-0.25, -0.2) is 0 Å². The van der Waals surface area contributed by atoms with Crippen LogP contribution in [0.3, 0.4) is 0 Å². The lowest BCUT2D eigenvalue weighted by Crippen LogP contribution is -1.92. The lowest BCUT2D eigenvalue weighted by Gasteiger charge is -2.19. The highest BCUT2D eigenvalue weighted by atomic mass is 14.6. The van der Waals surface area contributed by atoms with Gasteiger partial charge in [-0.05, 0) is 123 Å². The first kappa shape index (κ1) is 29.9. The molecule has 246 valence electrons. The minimum absolute atomic E-state index is 0.848. The van der Waals surface area contributed by atoms with Crippen molar-refractivity contribution in [3.8, 4) is 22.3 Å². The molecule has 1 heterocycles. The van der Waals surface area contributed by atoms with Crippen molar-refractivity contribution in [2.24, 2.45) is 0 Å². The molecule has 1 aliphatic rings. The molecule has 1 aliphatic carbocycles. The lowest BCUT2D eigenvalue weighted by molar-refractivity contribution is 1.26. The van der Waals surface area contributed by atoms with Crippen LogP contribution in [0.15, 0.2) is 182 Å². The first-order chi connectivity index (χ1) is 26.3. The summed E-state index contributed by atoms with van der Waals surface area (Å²) in [6, 6.07) is 60.3. The molecule has 0 atom stereocenters. The molecule has 0 radical (unpaired) electrons. The monoisotopic (exact) mass is 671 g/mol. The number of pyridine rings is 1. The molecule has 0 saturated carbocycles. The summed E-state index contributed by atoms with van der Waals surface area (Å²) in [6.45, 7) is 0. The summed E-state index contributed by atoms with van der Waals surface area (Å²) in [7, 11) is 0. The zero-order chi connectivity index (χ0) is 34.9.